The minimum absolute atomic E-state index is 0.0449. The van der Waals surface area contributed by atoms with Gasteiger partial charge in [0.2, 0.25) is 0 Å². The smallest absolute Gasteiger partial charge is 0.317 e. The quantitative estimate of drug-likeness (QED) is 0.853. The zero-order chi connectivity index (χ0) is 16.8. The lowest BCUT2D eigenvalue weighted by molar-refractivity contribution is 0.108. The summed E-state index contributed by atoms with van der Waals surface area (Å²) in [4.78, 5) is 18.3. The van der Waals surface area contributed by atoms with Crippen molar-refractivity contribution in [1.82, 2.24) is 15.2 Å². The highest BCUT2D eigenvalue weighted by Gasteiger charge is 2.31. The van der Waals surface area contributed by atoms with Crippen LogP contribution in [0.2, 0.25) is 0 Å². The van der Waals surface area contributed by atoms with Crippen LogP contribution in [0.15, 0.2) is 47.3 Å². The van der Waals surface area contributed by atoms with Crippen molar-refractivity contribution in [3.8, 4) is 0 Å². The number of nitrogens with one attached hydrogen (secondary N) is 1. The SMILES string of the molecule is O=C(NCCc1cccnc1)N1CCCC1CC(O)c1ccco1. The number of aliphatic hydroxyl groups is 1. The number of amides is 2. The summed E-state index contributed by atoms with van der Waals surface area (Å²) in [5.74, 6) is 0.554. The number of aromatic nitrogens is 1. The van der Waals surface area contributed by atoms with E-state index in [9.17, 15) is 9.90 Å². The first-order valence-electron chi connectivity index (χ1n) is 8.39. The first kappa shape index (κ1) is 16.5. The summed E-state index contributed by atoms with van der Waals surface area (Å²) in [5.41, 5.74) is 1.10. The summed E-state index contributed by atoms with van der Waals surface area (Å²) >= 11 is 0. The van der Waals surface area contributed by atoms with Gasteiger partial charge in [0.25, 0.3) is 0 Å². The zero-order valence-corrected chi connectivity index (χ0v) is 13.6. The molecule has 0 saturated carbocycles. The van der Waals surface area contributed by atoms with E-state index in [1.54, 1.807) is 24.6 Å². The number of nitrogens with zero attached hydrogens (tertiary/aromatic N) is 2. The fourth-order valence-corrected chi connectivity index (χ4v) is 3.16. The minimum atomic E-state index is -0.672. The molecule has 3 rings (SSSR count). The Hall–Kier alpha value is -2.34. The maximum absolute atomic E-state index is 12.4. The molecule has 1 aliphatic rings. The molecule has 2 N–H and O–H groups in total. The van der Waals surface area contributed by atoms with Crippen molar-refractivity contribution in [3.63, 3.8) is 0 Å². The summed E-state index contributed by atoms with van der Waals surface area (Å²) in [7, 11) is 0. The van der Waals surface area contributed by atoms with E-state index in [4.69, 9.17) is 4.42 Å². The molecule has 128 valence electrons. The van der Waals surface area contributed by atoms with E-state index in [0.29, 0.717) is 18.7 Å². The molecule has 2 aromatic rings. The Morgan fingerprint density at radius 3 is 3.12 bits per heavy atom. The number of hydrogen-bond donors (Lipinski definition) is 2. The van der Waals surface area contributed by atoms with Crippen molar-refractivity contribution >= 4 is 6.03 Å². The van der Waals surface area contributed by atoms with E-state index in [0.717, 1.165) is 31.4 Å². The van der Waals surface area contributed by atoms with E-state index in [1.165, 1.54) is 0 Å². The Morgan fingerprint density at radius 1 is 1.46 bits per heavy atom. The first-order chi connectivity index (χ1) is 11.7. The van der Waals surface area contributed by atoms with Gasteiger partial charge in [0.05, 0.1) is 6.26 Å². The largest absolute Gasteiger partial charge is 0.467 e. The number of urea groups is 1. The zero-order valence-electron chi connectivity index (χ0n) is 13.6. The third-order valence-corrected chi connectivity index (χ3v) is 4.42. The highest BCUT2D eigenvalue weighted by molar-refractivity contribution is 5.74. The molecule has 3 heterocycles. The van der Waals surface area contributed by atoms with Gasteiger partial charge in [-0.05, 0) is 43.0 Å². The van der Waals surface area contributed by atoms with Gasteiger partial charge in [-0.2, -0.15) is 0 Å². The van der Waals surface area contributed by atoms with Crippen LogP contribution in [0.5, 0.6) is 0 Å². The molecule has 6 heteroatoms. The summed E-state index contributed by atoms with van der Waals surface area (Å²) in [6, 6.07) is 7.39. The second-order valence-corrected chi connectivity index (χ2v) is 6.10. The standard InChI is InChI=1S/C18H23N3O3/c22-16(17-6-3-11-24-17)12-15-5-2-10-21(15)18(23)20-9-7-14-4-1-8-19-13-14/h1,3-4,6,8,11,13,15-16,22H,2,5,7,9-10,12H2,(H,20,23). The van der Waals surface area contributed by atoms with Crippen LogP contribution in [0.3, 0.4) is 0 Å². The molecule has 24 heavy (non-hydrogen) atoms. The van der Waals surface area contributed by atoms with Crippen molar-refractivity contribution in [3.05, 3.63) is 54.2 Å². The molecular weight excluding hydrogens is 306 g/mol. The molecule has 1 fully saturated rings. The topological polar surface area (TPSA) is 78.6 Å². The molecule has 0 spiro atoms. The number of furan rings is 1. The van der Waals surface area contributed by atoms with Crippen LogP contribution in [0.1, 0.15) is 36.7 Å². The molecule has 2 aromatic heterocycles. The van der Waals surface area contributed by atoms with Crippen LogP contribution in [-0.4, -0.2) is 40.2 Å². The lowest BCUT2D eigenvalue weighted by Crippen LogP contribution is -2.43. The lowest BCUT2D eigenvalue weighted by Gasteiger charge is -2.26. The maximum atomic E-state index is 12.4. The van der Waals surface area contributed by atoms with Gasteiger partial charge >= 0.3 is 6.03 Å². The molecule has 0 aliphatic carbocycles. The fraction of sp³-hybridized carbons (Fsp3) is 0.444. The van der Waals surface area contributed by atoms with Gasteiger partial charge in [-0.1, -0.05) is 6.07 Å². The van der Waals surface area contributed by atoms with Crippen LogP contribution in [0.25, 0.3) is 0 Å². The second-order valence-electron chi connectivity index (χ2n) is 6.10. The number of hydrogen-bond acceptors (Lipinski definition) is 4. The normalized spacial score (nSPS) is 18.5. The molecule has 0 bridgehead atoms. The van der Waals surface area contributed by atoms with Crippen LogP contribution < -0.4 is 5.32 Å². The molecule has 2 atom stereocenters. The highest BCUT2D eigenvalue weighted by Crippen LogP contribution is 2.27. The molecule has 1 saturated heterocycles. The van der Waals surface area contributed by atoms with Crippen LogP contribution in [-0.2, 0) is 6.42 Å². The van der Waals surface area contributed by atoms with E-state index < -0.39 is 6.10 Å². The molecular formula is C18H23N3O3. The van der Waals surface area contributed by atoms with Gasteiger partial charge < -0.3 is 19.7 Å². The molecule has 1 aliphatic heterocycles. The summed E-state index contributed by atoms with van der Waals surface area (Å²) in [6.07, 6.45) is 7.56. The number of pyridine rings is 1. The number of carbonyl (C=O) groups excluding carboxylic acids is 1. The highest BCUT2D eigenvalue weighted by atomic mass is 16.4. The maximum Gasteiger partial charge on any atom is 0.317 e. The van der Waals surface area contributed by atoms with E-state index in [1.807, 2.05) is 23.2 Å². The number of likely N-dealkylation sites (tertiary alicyclic amines) is 1. The average Bonchev–Trinajstić information content (AvgIpc) is 3.27. The van der Waals surface area contributed by atoms with Gasteiger partial charge in [-0.25, -0.2) is 4.79 Å². The molecule has 0 aromatic carbocycles. The van der Waals surface area contributed by atoms with Crippen molar-refractivity contribution in [2.45, 2.75) is 37.8 Å². The van der Waals surface area contributed by atoms with Crippen molar-refractivity contribution in [2.75, 3.05) is 13.1 Å². The Balaban J connectivity index is 1.48. The number of carbonyl (C=O) groups is 1. The Kier molecular flexibility index (Phi) is 5.48. The van der Waals surface area contributed by atoms with Crippen molar-refractivity contribution < 1.29 is 14.3 Å². The van der Waals surface area contributed by atoms with Crippen molar-refractivity contribution in [1.29, 1.82) is 0 Å². The number of aliphatic hydroxyl groups excluding tert-OH is 1. The van der Waals surface area contributed by atoms with E-state index in [2.05, 4.69) is 10.3 Å². The van der Waals surface area contributed by atoms with Crippen LogP contribution >= 0.6 is 0 Å². The Morgan fingerprint density at radius 2 is 2.38 bits per heavy atom. The summed E-state index contributed by atoms with van der Waals surface area (Å²) < 4.78 is 5.24. The Bertz CT molecular complexity index is 630. The average molecular weight is 329 g/mol. The van der Waals surface area contributed by atoms with Gasteiger partial charge in [0.15, 0.2) is 0 Å². The van der Waals surface area contributed by atoms with Gasteiger partial charge in [0.1, 0.15) is 11.9 Å². The van der Waals surface area contributed by atoms with Crippen LogP contribution in [0.4, 0.5) is 4.79 Å². The molecule has 6 nitrogen and oxygen atoms in total. The van der Waals surface area contributed by atoms with E-state index in [-0.39, 0.29) is 12.1 Å². The predicted molar refractivity (Wildman–Crippen MR) is 89.4 cm³/mol. The van der Waals surface area contributed by atoms with Crippen LogP contribution in [0, 0.1) is 0 Å². The first-order valence-corrected chi connectivity index (χ1v) is 8.39. The summed E-state index contributed by atoms with van der Waals surface area (Å²) in [6.45, 7) is 1.31. The van der Waals surface area contributed by atoms with E-state index >= 15 is 0 Å². The Labute approximate surface area is 141 Å². The third-order valence-electron chi connectivity index (χ3n) is 4.42. The number of rotatable bonds is 6. The second kappa shape index (κ2) is 7.97. The third kappa shape index (κ3) is 4.14. The lowest BCUT2D eigenvalue weighted by atomic mass is 10.1. The fourth-order valence-electron chi connectivity index (χ4n) is 3.16. The predicted octanol–water partition coefficient (Wildman–Crippen LogP) is 2.51. The summed E-state index contributed by atoms with van der Waals surface area (Å²) in [5, 5.41) is 13.2. The monoisotopic (exact) mass is 329 g/mol. The minimum Gasteiger partial charge on any atom is -0.467 e. The molecule has 0 radical (unpaired) electrons. The van der Waals surface area contributed by atoms with Gasteiger partial charge in [-0.15, -0.1) is 0 Å². The molecule has 2 unspecified atom stereocenters. The van der Waals surface area contributed by atoms with Gasteiger partial charge in [0, 0.05) is 37.9 Å². The van der Waals surface area contributed by atoms with Gasteiger partial charge in [-0.3, -0.25) is 4.98 Å². The van der Waals surface area contributed by atoms with Crippen molar-refractivity contribution in [2.24, 2.45) is 0 Å². The molecule has 2 amide bonds.